The molecular weight excluding hydrogens is 400 g/mol. The van der Waals surface area contributed by atoms with Crippen molar-refractivity contribution in [2.75, 3.05) is 20.3 Å². The Labute approximate surface area is 181 Å². The fourth-order valence-electron chi connectivity index (χ4n) is 4.44. The fraction of sp³-hybridized carbons (Fsp3) is 0.591. The Morgan fingerprint density at radius 3 is 2.65 bits per heavy atom. The van der Waals surface area contributed by atoms with Crippen molar-refractivity contribution in [3.05, 3.63) is 29.8 Å². The summed E-state index contributed by atoms with van der Waals surface area (Å²) in [6.45, 7) is 2.61. The molecule has 0 spiro atoms. The third-order valence-electron chi connectivity index (χ3n) is 6.32. The van der Waals surface area contributed by atoms with Crippen molar-refractivity contribution in [2.45, 2.75) is 63.0 Å². The highest BCUT2D eigenvalue weighted by Crippen LogP contribution is 2.33. The van der Waals surface area contributed by atoms with Crippen LogP contribution in [0, 0.1) is 0 Å². The normalized spacial score (nSPS) is 28.6. The van der Waals surface area contributed by atoms with Crippen molar-refractivity contribution in [2.24, 2.45) is 0 Å². The number of hydrogen-bond donors (Lipinski definition) is 3. The van der Waals surface area contributed by atoms with Crippen LogP contribution in [0.2, 0.25) is 0 Å². The molecule has 4 rings (SSSR count). The average Bonchev–Trinajstić information content (AvgIpc) is 3.15. The number of rotatable bonds is 5. The number of likely N-dealkylation sites (N-methyl/N-ethyl adjacent to an activating group) is 1. The van der Waals surface area contributed by atoms with Gasteiger partial charge in [0.05, 0.1) is 25.3 Å². The smallest absolute Gasteiger partial charge is 0.247 e. The zero-order valence-corrected chi connectivity index (χ0v) is 17.9. The SMILES string of the molecule is CN[C@@H](C)C(=O)NC1CCOC2CCC(C(=O)N[C@@H]3CCOc4ccccc43)N2C1=O. The summed E-state index contributed by atoms with van der Waals surface area (Å²) < 4.78 is 11.5. The van der Waals surface area contributed by atoms with E-state index in [1.807, 2.05) is 24.3 Å². The van der Waals surface area contributed by atoms with Crippen LogP contribution < -0.4 is 20.7 Å². The second kappa shape index (κ2) is 9.23. The van der Waals surface area contributed by atoms with Gasteiger partial charge in [0.1, 0.15) is 24.1 Å². The lowest BCUT2D eigenvalue weighted by molar-refractivity contribution is -0.149. The molecule has 1 aromatic rings. The van der Waals surface area contributed by atoms with Gasteiger partial charge in [-0.1, -0.05) is 18.2 Å². The molecule has 2 saturated heterocycles. The van der Waals surface area contributed by atoms with Crippen molar-refractivity contribution >= 4 is 17.7 Å². The van der Waals surface area contributed by atoms with E-state index in [1.165, 1.54) is 4.90 Å². The van der Waals surface area contributed by atoms with Gasteiger partial charge in [-0.2, -0.15) is 0 Å². The van der Waals surface area contributed by atoms with E-state index in [0.717, 1.165) is 11.3 Å². The Balaban J connectivity index is 1.47. The van der Waals surface area contributed by atoms with Crippen molar-refractivity contribution in [3.63, 3.8) is 0 Å². The van der Waals surface area contributed by atoms with E-state index < -0.39 is 24.4 Å². The number of nitrogens with one attached hydrogen (secondary N) is 3. The van der Waals surface area contributed by atoms with Crippen LogP contribution in [0.3, 0.4) is 0 Å². The van der Waals surface area contributed by atoms with E-state index in [9.17, 15) is 14.4 Å². The summed E-state index contributed by atoms with van der Waals surface area (Å²) in [5.41, 5.74) is 0.946. The highest BCUT2D eigenvalue weighted by atomic mass is 16.5. The van der Waals surface area contributed by atoms with Crippen molar-refractivity contribution < 1.29 is 23.9 Å². The lowest BCUT2D eigenvalue weighted by atomic mass is 10.00. The third-order valence-corrected chi connectivity index (χ3v) is 6.32. The molecule has 0 bridgehead atoms. The Kier molecular flexibility index (Phi) is 6.43. The number of fused-ring (bicyclic) bond motifs is 2. The minimum Gasteiger partial charge on any atom is -0.493 e. The van der Waals surface area contributed by atoms with Crippen LogP contribution in [-0.4, -0.2) is 67.2 Å². The van der Waals surface area contributed by atoms with Gasteiger partial charge in [0, 0.05) is 18.4 Å². The predicted molar refractivity (Wildman–Crippen MR) is 112 cm³/mol. The summed E-state index contributed by atoms with van der Waals surface area (Å²) >= 11 is 0. The van der Waals surface area contributed by atoms with Gasteiger partial charge in [-0.15, -0.1) is 0 Å². The number of para-hydroxylation sites is 1. The van der Waals surface area contributed by atoms with Crippen molar-refractivity contribution in [1.29, 1.82) is 0 Å². The molecule has 0 saturated carbocycles. The lowest BCUT2D eigenvalue weighted by Gasteiger charge is -2.32. The molecule has 5 atom stereocenters. The molecule has 3 aliphatic heterocycles. The maximum Gasteiger partial charge on any atom is 0.247 e. The second-order valence-electron chi connectivity index (χ2n) is 8.26. The van der Waals surface area contributed by atoms with E-state index in [0.29, 0.717) is 38.9 Å². The molecule has 0 aromatic heterocycles. The number of carbonyl (C=O) groups excluding carboxylic acids is 3. The highest BCUT2D eigenvalue weighted by molar-refractivity contribution is 5.93. The highest BCUT2D eigenvalue weighted by Gasteiger charge is 2.46. The first kappa shape index (κ1) is 21.6. The summed E-state index contributed by atoms with van der Waals surface area (Å²) in [6, 6.07) is 5.77. The Hall–Kier alpha value is -2.65. The Bertz CT molecular complexity index is 847. The van der Waals surface area contributed by atoms with Crippen LogP contribution in [0.25, 0.3) is 0 Å². The standard InChI is InChI=1S/C22H30N4O5/c1-13(23-2)20(27)25-16-10-12-31-19-8-7-17(26(19)22(16)29)21(28)24-15-9-11-30-18-6-4-3-5-14(15)18/h3-6,13,15-17,19,23H,7-12H2,1-2H3,(H,24,28)(H,25,27)/t13-,15+,16?,17?,19?/m0/s1. The van der Waals surface area contributed by atoms with E-state index in [1.54, 1.807) is 14.0 Å². The van der Waals surface area contributed by atoms with Gasteiger partial charge in [0.2, 0.25) is 17.7 Å². The quantitative estimate of drug-likeness (QED) is 0.626. The van der Waals surface area contributed by atoms with E-state index in [2.05, 4.69) is 16.0 Å². The maximum atomic E-state index is 13.3. The number of amides is 3. The van der Waals surface area contributed by atoms with Crippen LogP contribution >= 0.6 is 0 Å². The summed E-state index contributed by atoms with van der Waals surface area (Å²) in [5, 5.41) is 8.78. The molecule has 0 radical (unpaired) electrons. The minimum absolute atomic E-state index is 0.161. The van der Waals surface area contributed by atoms with Gasteiger partial charge in [0.25, 0.3) is 0 Å². The summed E-state index contributed by atoms with van der Waals surface area (Å²) in [5.74, 6) is 0.0678. The maximum absolute atomic E-state index is 13.3. The first-order chi connectivity index (χ1) is 15.0. The van der Waals surface area contributed by atoms with Crippen molar-refractivity contribution in [3.8, 4) is 5.75 Å². The monoisotopic (exact) mass is 430 g/mol. The number of hydrogen-bond acceptors (Lipinski definition) is 6. The molecule has 9 nitrogen and oxygen atoms in total. The zero-order chi connectivity index (χ0) is 22.0. The summed E-state index contributed by atoms with van der Waals surface area (Å²) in [7, 11) is 1.69. The molecule has 3 aliphatic rings. The van der Waals surface area contributed by atoms with Crippen LogP contribution in [0.4, 0.5) is 0 Å². The van der Waals surface area contributed by atoms with Gasteiger partial charge in [-0.25, -0.2) is 0 Å². The Morgan fingerprint density at radius 1 is 1.06 bits per heavy atom. The topological polar surface area (TPSA) is 109 Å². The van der Waals surface area contributed by atoms with Gasteiger partial charge in [-0.05, 0) is 32.9 Å². The van der Waals surface area contributed by atoms with Crippen LogP contribution in [0.5, 0.6) is 5.75 Å². The van der Waals surface area contributed by atoms with Gasteiger partial charge < -0.3 is 30.3 Å². The molecular formula is C22H30N4O5. The molecule has 168 valence electrons. The number of nitrogens with zero attached hydrogens (tertiary/aromatic N) is 1. The van der Waals surface area contributed by atoms with E-state index in [-0.39, 0.29) is 23.8 Å². The van der Waals surface area contributed by atoms with E-state index in [4.69, 9.17) is 9.47 Å². The van der Waals surface area contributed by atoms with Crippen LogP contribution in [0.15, 0.2) is 24.3 Å². The third kappa shape index (κ3) is 4.38. The van der Waals surface area contributed by atoms with Gasteiger partial charge in [-0.3, -0.25) is 14.4 Å². The largest absolute Gasteiger partial charge is 0.493 e. The predicted octanol–water partition coefficient (Wildman–Crippen LogP) is 0.457. The summed E-state index contributed by atoms with van der Waals surface area (Å²) in [6.07, 6.45) is 1.75. The number of benzene rings is 1. The second-order valence-corrected chi connectivity index (χ2v) is 8.26. The molecule has 3 unspecified atom stereocenters. The molecule has 3 N–H and O–H groups in total. The molecule has 1 aromatic carbocycles. The molecule has 9 heteroatoms. The first-order valence-corrected chi connectivity index (χ1v) is 10.9. The van der Waals surface area contributed by atoms with Crippen molar-refractivity contribution in [1.82, 2.24) is 20.9 Å². The lowest BCUT2D eigenvalue weighted by Crippen LogP contribution is -2.56. The van der Waals surface area contributed by atoms with Crippen LogP contribution in [0.1, 0.15) is 44.2 Å². The molecule has 3 heterocycles. The molecule has 2 fully saturated rings. The zero-order valence-electron chi connectivity index (χ0n) is 17.9. The molecule has 3 amide bonds. The van der Waals surface area contributed by atoms with Gasteiger partial charge in [0.15, 0.2) is 0 Å². The number of carbonyl (C=O) groups is 3. The average molecular weight is 431 g/mol. The first-order valence-electron chi connectivity index (χ1n) is 10.9. The van der Waals surface area contributed by atoms with E-state index >= 15 is 0 Å². The van der Waals surface area contributed by atoms with Gasteiger partial charge >= 0.3 is 0 Å². The summed E-state index contributed by atoms with van der Waals surface area (Å²) in [4.78, 5) is 40.4. The number of ether oxygens (including phenoxy) is 2. The minimum atomic E-state index is -0.703. The van der Waals surface area contributed by atoms with Crippen LogP contribution in [-0.2, 0) is 19.1 Å². The fourth-order valence-corrected chi connectivity index (χ4v) is 4.44. The molecule has 31 heavy (non-hydrogen) atoms. The molecule has 0 aliphatic carbocycles. The Morgan fingerprint density at radius 2 is 1.84 bits per heavy atom.